The van der Waals surface area contributed by atoms with Gasteiger partial charge < -0.3 is 4.74 Å². The van der Waals surface area contributed by atoms with E-state index in [-0.39, 0.29) is 5.28 Å². The molecule has 0 saturated heterocycles. The summed E-state index contributed by atoms with van der Waals surface area (Å²) < 4.78 is 5.77. The summed E-state index contributed by atoms with van der Waals surface area (Å²) in [5.41, 5.74) is 3.70. The van der Waals surface area contributed by atoms with Crippen LogP contribution >= 0.6 is 22.9 Å². The van der Waals surface area contributed by atoms with Gasteiger partial charge in [-0.05, 0) is 30.7 Å². The monoisotopic (exact) mass is 305 g/mol. The van der Waals surface area contributed by atoms with Gasteiger partial charge in [0.1, 0.15) is 0 Å². The number of thiazole rings is 1. The summed E-state index contributed by atoms with van der Waals surface area (Å²) >= 11 is 7.56. The SMILES string of the molecule is Cc1ncsc1CCOc1nc(Cl)nc2ccccc12. The highest BCUT2D eigenvalue weighted by molar-refractivity contribution is 7.09. The smallest absolute Gasteiger partial charge is 0.226 e. The quantitative estimate of drug-likeness (QED) is 0.690. The van der Waals surface area contributed by atoms with Gasteiger partial charge in [-0.25, -0.2) is 9.97 Å². The van der Waals surface area contributed by atoms with E-state index in [1.54, 1.807) is 11.3 Å². The molecule has 0 unspecified atom stereocenters. The third-order valence-corrected chi connectivity index (χ3v) is 4.12. The average Bonchev–Trinajstić information content (AvgIpc) is 2.84. The molecule has 0 spiro atoms. The second-order valence-electron chi connectivity index (χ2n) is 4.27. The Morgan fingerprint density at radius 3 is 2.90 bits per heavy atom. The predicted molar refractivity (Wildman–Crippen MR) is 80.6 cm³/mol. The van der Waals surface area contributed by atoms with E-state index in [1.165, 1.54) is 4.88 Å². The van der Waals surface area contributed by atoms with Crippen LogP contribution in [0.15, 0.2) is 29.8 Å². The lowest BCUT2D eigenvalue weighted by molar-refractivity contribution is 0.314. The molecule has 0 aliphatic rings. The van der Waals surface area contributed by atoms with Gasteiger partial charge in [-0.2, -0.15) is 4.98 Å². The first kappa shape index (κ1) is 13.3. The maximum atomic E-state index is 5.92. The van der Waals surface area contributed by atoms with E-state index in [0.29, 0.717) is 12.5 Å². The number of para-hydroxylation sites is 1. The van der Waals surface area contributed by atoms with E-state index in [9.17, 15) is 0 Å². The largest absolute Gasteiger partial charge is 0.477 e. The van der Waals surface area contributed by atoms with Crippen LogP contribution in [0.4, 0.5) is 0 Å². The summed E-state index contributed by atoms with van der Waals surface area (Å²) in [6.07, 6.45) is 0.812. The van der Waals surface area contributed by atoms with Crippen molar-refractivity contribution in [1.29, 1.82) is 0 Å². The minimum Gasteiger partial charge on any atom is -0.477 e. The van der Waals surface area contributed by atoms with Crippen molar-refractivity contribution in [3.05, 3.63) is 45.6 Å². The van der Waals surface area contributed by atoms with Crippen molar-refractivity contribution in [1.82, 2.24) is 15.0 Å². The highest BCUT2D eigenvalue weighted by Crippen LogP contribution is 2.24. The lowest BCUT2D eigenvalue weighted by Gasteiger charge is -2.08. The maximum absolute atomic E-state index is 5.92. The summed E-state index contributed by atoms with van der Waals surface area (Å²) in [7, 11) is 0. The molecule has 0 saturated carbocycles. The number of hydrogen-bond acceptors (Lipinski definition) is 5. The van der Waals surface area contributed by atoms with Crippen molar-refractivity contribution in [2.24, 2.45) is 0 Å². The summed E-state index contributed by atoms with van der Waals surface area (Å²) in [5, 5.41) is 1.07. The van der Waals surface area contributed by atoms with Gasteiger partial charge in [-0.15, -0.1) is 11.3 Å². The summed E-state index contributed by atoms with van der Waals surface area (Å²) in [6, 6.07) is 7.66. The molecule has 0 aliphatic carbocycles. The van der Waals surface area contributed by atoms with E-state index in [1.807, 2.05) is 36.7 Å². The fourth-order valence-corrected chi connectivity index (χ4v) is 2.87. The molecule has 0 bridgehead atoms. The van der Waals surface area contributed by atoms with Gasteiger partial charge in [0, 0.05) is 11.3 Å². The summed E-state index contributed by atoms with van der Waals surface area (Å²) in [4.78, 5) is 13.8. The van der Waals surface area contributed by atoms with Crippen LogP contribution in [0, 0.1) is 6.92 Å². The van der Waals surface area contributed by atoms with Crippen LogP contribution < -0.4 is 4.74 Å². The van der Waals surface area contributed by atoms with Crippen LogP contribution in [0.2, 0.25) is 5.28 Å². The maximum Gasteiger partial charge on any atom is 0.226 e. The standard InChI is InChI=1S/C14H12ClN3OS/c1-9-12(20-8-16-9)6-7-19-13-10-4-2-3-5-11(10)17-14(15)18-13/h2-5,8H,6-7H2,1H3. The zero-order chi connectivity index (χ0) is 13.9. The van der Waals surface area contributed by atoms with Crippen molar-refractivity contribution < 1.29 is 4.74 Å². The molecule has 102 valence electrons. The summed E-state index contributed by atoms with van der Waals surface area (Å²) in [5.74, 6) is 0.530. The number of nitrogens with zero attached hydrogens (tertiary/aromatic N) is 3. The Morgan fingerprint density at radius 2 is 2.10 bits per heavy atom. The van der Waals surface area contributed by atoms with Crippen molar-refractivity contribution in [3.63, 3.8) is 0 Å². The fraction of sp³-hybridized carbons (Fsp3) is 0.214. The molecule has 0 amide bonds. The Balaban J connectivity index is 1.79. The van der Waals surface area contributed by atoms with E-state index in [4.69, 9.17) is 16.3 Å². The number of fused-ring (bicyclic) bond motifs is 1. The van der Waals surface area contributed by atoms with E-state index < -0.39 is 0 Å². The number of hydrogen-bond donors (Lipinski definition) is 0. The van der Waals surface area contributed by atoms with Crippen LogP contribution in [0.5, 0.6) is 5.88 Å². The molecular weight excluding hydrogens is 294 g/mol. The number of rotatable bonds is 4. The van der Waals surface area contributed by atoms with E-state index in [0.717, 1.165) is 23.0 Å². The molecule has 3 aromatic rings. The normalized spacial score (nSPS) is 10.9. The number of benzene rings is 1. The minimum atomic E-state index is 0.202. The molecule has 3 rings (SSSR count). The Hall–Kier alpha value is -1.72. The molecule has 2 heterocycles. The molecule has 0 fully saturated rings. The van der Waals surface area contributed by atoms with Crippen LogP contribution in [0.25, 0.3) is 10.9 Å². The van der Waals surface area contributed by atoms with Crippen LogP contribution in [-0.2, 0) is 6.42 Å². The number of aromatic nitrogens is 3. The molecule has 2 aromatic heterocycles. The summed E-state index contributed by atoms with van der Waals surface area (Å²) in [6.45, 7) is 2.54. The number of halogens is 1. The lowest BCUT2D eigenvalue weighted by Crippen LogP contribution is -2.04. The van der Waals surface area contributed by atoms with Crippen molar-refractivity contribution in [3.8, 4) is 5.88 Å². The van der Waals surface area contributed by atoms with Crippen molar-refractivity contribution >= 4 is 33.8 Å². The lowest BCUT2D eigenvalue weighted by atomic mass is 10.2. The molecule has 0 radical (unpaired) electrons. The Labute approximate surface area is 125 Å². The first-order chi connectivity index (χ1) is 9.74. The van der Waals surface area contributed by atoms with Gasteiger partial charge in [0.15, 0.2) is 0 Å². The molecule has 0 atom stereocenters. The predicted octanol–water partition coefficient (Wildman–Crippen LogP) is 3.67. The molecular formula is C14H12ClN3OS. The first-order valence-electron chi connectivity index (χ1n) is 6.18. The van der Waals surface area contributed by atoms with Gasteiger partial charge in [-0.3, -0.25) is 0 Å². The van der Waals surface area contributed by atoms with E-state index in [2.05, 4.69) is 15.0 Å². The molecule has 6 heteroatoms. The molecule has 20 heavy (non-hydrogen) atoms. The van der Waals surface area contributed by atoms with Crippen LogP contribution in [0.1, 0.15) is 10.6 Å². The zero-order valence-corrected chi connectivity index (χ0v) is 12.4. The highest BCUT2D eigenvalue weighted by Gasteiger charge is 2.08. The molecule has 0 aliphatic heterocycles. The van der Waals surface area contributed by atoms with Gasteiger partial charge in [0.25, 0.3) is 0 Å². The van der Waals surface area contributed by atoms with Crippen LogP contribution in [0.3, 0.4) is 0 Å². The third-order valence-electron chi connectivity index (χ3n) is 2.95. The highest BCUT2D eigenvalue weighted by atomic mass is 35.5. The van der Waals surface area contributed by atoms with Gasteiger partial charge >= 0.3 is 0 Å². The topological polar surface area (TPSA) is 47.9 Å². The second-order valence-corrected chi connectivity index (χ2v) is 5.55. The van der Waals surface area contributed by atoms with Gasteiger partial charge in [-0.1, -0.05) is 12.1 Å². The van der Waals surface area contributed by atoms with Gasteiger partial charge in [0.2, 0.25) is 11.2 Å². The fourth-order valence-electron chi connectivity index (χ4n) is 1.94. The average molecular weight is 306 g/mol. The molecule has 1 aromatic carbocycles. The van der Waals surface area contributed by atoms with Crippen molar-refractivity contribution in [2.75, 3.05) is 6.61 Å². The number of ether oxygens (including phenoxy) is 1. The number of aryl methyl sites for hydroxylation is 1. The Bertz CT molecular complexity index is 744. The molecule has 0 N–H and O–H groups in total. The molecule has 4 nitrogen and oxygen atoms in total. The Morgan fingerprint density at radius 1 is 1.25 bits per heavy atom. The minimum absolute atomic E-state index is 0.202. The van der Waals surface area contributed by atoms with Crippen LogP contribution in [-0.4, -0.2) is 21.6 Å². The van der Waals surface area contributed by atoms with E-state index >= 15 is 0 Å². The Kier molecular flexibility index (Phi) is 3.80. The zero-order valence-electron chi connectivity index (χ0n) is 10.8. The van der Waals surface area contributed by atoms with Crippen molar-refractivity contribution in [2.45, 2.75) is 13.3 Å². The second kappa shape index (κ2) is 5.73. The first-order valence-corrected chi connectivity index (χ1v) is 7.44. The van der Waals surface area contributed by atoms with Gasteiger partial charge in [0.05, 0.1) is 28.7 Å². The third kappa shape index (κ3) is 2.73.